The van der Waals surface area contributed by atoms with Crippen LogP contribution in [0.4, 0.5) is 4.79 Å². The van der Waals surface area contributed by atoms with E-state index in [2.05, 4.69) is 67.7 Å². The predicted octanol–water partition coefficient (Wildman–Crippen LogP) is 4.26. The van der Waals surface area contributed by atoms with Crippen LogP contribution in [0.2, 0.25) is 0 Å². The lowest BCUT2D eigenvalue weighted by Gasteiger charge is -2.43. The normalized spacial score (nSPS) is 22.9. The fourth-order valence-electron chi connectivity index (χ4n) is 3.40. The quantitative estimate of drug-likeness (QED) is 0.394. The molecule has 1 heterocycles. The Kier molecular flexibility index (Phi) is 5.36. The summed E-state index contributed by atoms with van der Waals surface area (Å²) in [5, 5.41) is 3.09. The summed E-state index contributed by atoms with van der Waals surface area (Å²) in [5.41, 5.74) is 1.03. The number of rotatable bonds is 4. The van der Waals surface area contributed by atoms with Crippen LogP contribution in [-0.4, -0.2) is 28.0 Å². The smallest absolute Gasteiger partial charge is 0.433 e. The van der Waals surface area contributed by atoms with Crippen LogP contribution >= 0.6 is 22.6 Å². The van der Waals surface area contributed by atoms with Crippen molar-refractivity contribution in [1.82, 2.24) is 5.32 Å². The van der Waals surface area contributed by atoms with Crippen molar-refractivity contribution in [2.24, 2.45) is 0 Å². The number of benzene rings is 1. The standard InChI is InChI=1S/C20H29BINO4/c1-17(2)18(3,4)27-21(26-17)15-10-8-14(9-11-15)20(12-7-13-20)23-16(24)25-19(5,6)22/h8-11H,7,12-13H2,1-6H3,(H,23,24). The molecule has 5 nitrogen and oxygen atoms in total. The molecule has 1 aromatic rings. The van der Waals surface area contributed by atoms with Gasteiger partial charge in [0.25, 0.3) is 0 Å². The van der Waals surface area contributed by atoms with E-state index in [1.807, 2.05) is 26.0 Å². The van der Waals surface area contributed by atoms with Crippen molar-refractivity contribution < 1.29 is 18.8 Å². The average Bonchev–Trinajstić information content (AvgIpc) is 2.70. The maximum atomic E-state index is 12.3. The zero-order chi connectivity index (χ0) is 20.1. The molecule has 0 spiro atoms. The number of amides is 1. The van der Waals surface area contributed by atoms with Gasteiger partial charge in [-0.2, -0.15) is 0 Å². The molecule has 1 saturated heterocycles. The second kappa shape index (κ2) is 6.92. The van der Waals surface area contributed by atoms with Gasteiger partial charge in [-0.1, -0.05) is 24.3 Å². The minimum atomic E-state index is -0.534. The summed E-state index contributed by atoms with van der Waals surface area (Å²) in [6.45, 7) is 11.9. The third kappa shape index (κ3) is 4.30. The number of hydrogen-bond donors (Lipinski definition) is 1. The summed E-state index contributed by atoms with van der Waals surface area (Å²) >= 11 is 2.11. The van der Waals surface area contributed by atoms with Gasteiger partial charge in [0.15, 0.2) is 3.61 Å². The Morgan fingerprint density at radius 2 is 1.63 bits per heavy atom. The Balaban J connectivity index is 1.74. The molecule has 1 aliphatic heterocycles. The van der Waals surface area contributed by atoms with Gasteiger partial charge in [0.1, 0.15) is 0 Å². The van der Waals surface area contributed by atoms with Crippen molar-refractivity contribution in [3.05, 3.63) is 29.8 Å². The van der Waals surface area contributed by atoms with Crippen LogP contribution in [-0.2, 0) is 19.6 Å². The second-order valence-corrected chi connectivity index (χ2v) is 11.6. The molecule has 1 N–H and O–H groups in total. The van der Waals surface area contributed by atoms with Crippen molar-refractivity contribution >= 4 is 41.3 Å². The van der Waals surface area contributed by atoms with Gasteiger partial charge in [0.05, 0.1) is 16.7 Å². The zero-order valence-corrected chi connectivity index (χ0v) is 19.2. The lowest BCUT2D eigenvalue weighted by Crippen LogP contribution is -2.52. The highest BCUT2D eigenvalue weighted by Crippen LogP contribution is 2.42. The first-order chi connectivity index (χ1) is 12.3. The Morgan fingerprint density at radius 3 is 2.04 bits per heavy atom. The summed E-state index contributed by atoms with van der Waals surface area (Å²) < 4.78 is 17.1. The molecule has 1 amide bonds. The Labute approximate surface area is 176 Å². The Hall–Kier alpha value is -0.795. The first kappa shape index (κ1) is 20.9. The molecule has 0 atom stereocenters. The number of alkyl halides is 1. The van der Waals surface area contributed by atoms with Gasteiger partial charge in [0.2, 0.25) is 0 Å². The van der Waals surface area contributed by atoms with E-state index in [0.29, 0.717) is 0 Å². The number of hydrogen-bond acceptors (Lipinski definition) is 4. The average molecular weight is 485 g/mol. The molecule has 7 heteroatoms. The topological polar surface area (TPSA) is 56.8 Å². The van der Waals surface area contributed by atoms with Crippen LogP contribution in [0, 0.1) is 0 Å². The molecule has 27 heavy (non-hydrogen) atoms. The van der Waals surface area contributed by atoms with E-state index >= 15 is 0 Å². The zero-order valence-electron chi connectivity index (χ0n) is 17.0. The molecule has 1 aliphatic carbocycles. The summed E-state index contributed by atoms with van der Waals surface area (Å²) in [4.78, 5) is 12.3. The van der Waals surface area contributed by atoms with E-state index in [4.69, 9.17) is 14.0 Å². The summed E-state index contributed by atoms with van der Waals surface area (Å²) in [7, 11) is -0.376. The monoisotopic (exact) mass is 485 g/mol. The van der Waals surface area contributed by atoms with E-state index in [9.17, 15) is 4.79 Å². The van der Waals surface area contributed by atoms with Crippen LogP contribution in [0.5, 0.6) is 0 Å². The van der Waals surface area contributed by atoms with E-state index in [1.165, 1.54) is 0 Å². The summed E-state index contributed by atoms with van der Waals surface area (Å²) in [6.07, 6.45) is 2.55. The van der Waals surface area contributed by atoms with E-state index in [1.54, 1.807) is 0 Å². The van der Waals surface area contributed by atoms with Crippen LogP contribution in [0.3, 0.4) is 0 Å². The van der Waals surface area contributed by atoms with Gasteiger partial charge in [0, 0.05) is 0 Å². The Morgan fingerprint density at radius 1 is 1.11 bits per heavy atom. The lowest BCUT2D eigenvalue weighted by atomic mass is 9.70. The van der Waals surface area contributed by atoms with E-state index < -0.39 is 3.61 Å². The predicted molar refractivity (Wildman–Crippen MR) is 115 cm³/mol. The highest BCUT2D eigenvalue weighted by atomic mass is 127. The van der Waals surface area contributed by atoms with Crippen molar-refractivity contribution in [1.29, 1.82) is 0 Å². The first-order valence-electron chi connectivity index (χ1n) is 9.50. The number of nitrogens with one attached hydrogen (secondary N) is 1. The van der Waals surface area contributed by atoms with Crippen LogP contribution in [0.25, 0.3) is 0 Å². The van der Waals surface area contributed by atoms with Gasteiger partial charge >= 0.3 is 13.2 Å². The number of halogens is 1. The van der Waals surface area contributed by atoms with Crippen molar-refractivity contribution in [2.45, 2.75) is 81.2 Å². The second-order valence-electron chi connectivity index (χ2n) is 9.02. The summed E-state index contributed by atoms with van der Waals surface area (Å²) in [6, 6.07) is 8.20. The van der Waals surface area contributed by atoms with Gasteiger partial charge in [-0.15, -0.1) is 0 Å². The molecule has 0 aromatic heterocycles. The first-order valence-corrected chi connectivity index (χ1v) is 10.6. The molecule has 1 aromatic carbocycles. The van der Waals surface area contributed by atoms with Gasteiger partial charge in [-0.25, -0.2) is 4.79 Å². The third-order valence-corrected chi connectivity index (χ3v) is 6.09. The number of alkyl carbamates (subject to hydrolysis) is 1. The van der Waals surface area contributed by atoms with Crippen molar-refractivity contribution in [3.63, 3.8) is 0 Å². The molecule has 0 unspecified atom stereocenters. The van der Waals surface area contributed by atoms with Crippen molar-refractivity contribution in [3.8, 4) is 0 Å². The molecule has 2 fully saturated rings. The maximum absolute atomic E-state index is 12.3. The maximum Gasteiger partial charge on any atom is 0.494 e. The number of carbonyl (C=O) groups is 1. The molecule has 3 rings (SSSR count). The van der Waals surface area contributed by atoms with Crippen LogP contribution < -0.4 is 10.8 Å². The summed E-state index contributed by atoms with van der Waals surface area (Å²) in [5.74, 6) is 0. The van der Waals surface area contributed by atoms with Gasteiger partial charge < -0.3 is 19.4 Å². The van der Waals surface area contributed by atoms with Gasteiger partial charge in [-0.05, 0) is 94.4 Å². The van der Waals surface area contributed by atoms with Crippen LogP contribution in [0.15, 0.2) is 24.3 Å². The number of ether oxygens (including phenoxy) is 1. The fourth-order valence-corrected chi connectivity index (χ4v) is 3.60. The minimum Gasteiger partial charge on any atom is -0.433 e. The molecule has 0 radical (unpaired) electrons. The molecule has 0 bridgehead atoms. The van der Waals surface area contributed by atoms with Gasteiger partial charge in [-0.3, -0.25) is 0 Å². The number of carbonyl (C=O) groups excluding carboxylic acids is 1. The van der Waals surface area contributed by atoms with Crippen molar-refractivity contribution in [2.75, 3.05) is 0 Å². The lowest BCUT2D eigenvalue weighted by molar-refractivity contribution is 0.00578. The Bertz CT molecular complexity index is 692. The SMILES string of the molecule is CC(C)(I)OC(=O)NC1(c2ccc(B3OC(C)(C)C(C)(C)O3)cc2)CCC1. The minimum absolute atomic E-state index is 0.340. The largest absolute Gasteiger partial charge is 0.494 e. The van der Waals surface area contributed by atoms with E-state index in [-0.39, 0.29) is 30.0 Å². The van der Waals surface area contributed by atoms with Crippen LogP contribution in [0.1, 0.15) is 66.4 Å². The molecule has 2 aliphatic rings. The fraction of sp³-hybridized carbons (Fsp3) is 0.650. The highest BCUT2D eigenvalue weighted by molar-refractivity contribution is 14.1. The third-order valence-electron chi connectivity index (χ3n) is 5.87. The molecular formula is C20H29BINO4. The molecule has 148 valence electrons. The van der Waals surface area contributed by atoms with E-state index in [0.717, 1.165) is 30.3 Å². The molecule has 1 saturated carbocycles. The highest BCUT2D eigenvalue weighted by Gasteiger charge is 2.51. The molecular weight excluding hydrogens is 456 g/mol.